The van der Waals surface area contributed by atoms with Crippen LogP contribution in [-0.4, -0.2) is 44.0 Å². The average Bonchev–Trinajstić information content (AvgIpc) is 3.34. The summed E-state index contributed by atoms with van der Waals surface area (Å²) >= 11 is 0. The fourth-order valence-electron chi connectivity index (χ4n) is 3.15. The topological polar surface area (TPSA) is 76.5 Å². The van der Waals surface area contributed by atoms with Gasteiger partial charge in [0, 0.05) is 22.9 Å². The Balaban J connectivity index is 1.82. The number of nitrogens with two attached hydrogens (primary N) is 1. The highest BCUT2D eigenvalue weighted by molar-refractivity contribution is 5.61. The smallest absolute Gasteiger partial charge is 0.141 e. The highest BCUT2D eigenvalue weighted by Gasteiger charge is 2.39. The van der Waals surface area contributed by atoms with Crippen molar-refractivity contribution in [3.8, 4) is 23.1 Å². The summed E-state index contributed by atoms with van der Waals surface area (Å²) in [7, 11) is 0. The van der Waals surface area contributed by atoms with E-state index in [1.807, 2.05) is 42.0 Å². The third-order valence-electron chi connectivity index (χ3n) is 5.65. The summed E-state index contributed by atoms with van der Waals surface area (Å²) in [5, 5.41) is 10.1. The maximum absolute atomic E-state index is 10.1. The van der Waals surface area contributed by atoms with Crippen LogP contribution in [0.1, 0.15) is 52.4 Å². The van der Waals surface area contributed by atoms with E-state index < -0.39 is 5.60 Å². The molecule has 3 N–H and O–H groups in total. The van der Waals surface area contributed by atoms with Crippen LogP contribution in [0.3, 0.4) is 0 Å². The second kappa shape index (κ2) is 8.06. The number of nitrogens with zero attached hydrogens (tertiary/aromatic N) is 3. The largest absolute Gasteiger partial charge is 0.378 e. The molecule has 0 saturated carbocycles. The van der Waals surface area contributed by atoms with Crippen LogP contribution >= 0.6 is 0 Å². The van der Waals surface area contributed by atoms with Crippen molar-refractivity contribution in [1.29, 1.82) is 0 Å². The lowest BCUT2D eigenvalue weighted by atomic mass is 9.99. The lowest BCUT2D eigenvalue weighted by Crippen LogP contribution is -2.49. The molecular weight excluding hydrogens is 352 g/mol. The molecule has 3 rings (SSSR count). The molecule has 0 radical (unpaired) electrons. The zero-order valence-electron chi connectivity index (χ0n) is 17.1. The summed E-state index contributed by atoms with van der Waals surface area (Å²) in [5.41, 5.74) is 8.09. The Labute approximate surface area is 167 Å². The molecule has 6 nitrogen and oxygen atoms in total. The minimum absolute atomic E-state index is 0.0738. The zero-order chi connectivity index (χ0) is 20.4. The van der Waals surface area contributed by atoms with E-state index >= 15 is 0 Å². The molecule has 0 bridgehead atoms. The van der Waals surface area contributed by atoms with Crippen LogP contribution < -0.4 is 5.73 Å². The van der Waals surface area contributed by atoms with Gasteiger partial charge in [-0.15, -0.1) is 0 Å². The number of rotatable bonds is 5. The number of hydrogen-bond donors (Lipinski definition) is 2. The molecule has 2 heterocycles. The van der Waals surface area contributed by atoms with E-state index in [2.05, 4.69) is 35.6 Å². The Kier molecular flexibility index (Phi) is 5.92. The van der Waals surface area contributed by atoms with Crippen molar-refractivity contribution in [3.63, 3.8) is 0 Å². The van der Waals surface area contributed by atoms with Crippen molar-refractivity contribution in [1.82, 2.24) is 14.5 Å². The first-order valence-corrected chi connectivity index (χ1v) is 9.77. The molecule has 1 fully saturated rings. The van der Waals surface area contributed by atoms with Gasteiger partial charge in [0.2, 0.25) is 0 Å². The van der Waals surface area contributed by atoms with E-state index in [0.29, 0.717) is 19.8 Å². The molecular formula is C22H30N4O2. The standard InChI is InChI=1S/C22H30N4O2/c1-5-21(3)14-28-16-26(21)20(23)25-13-19(24-15-25)18-9-7-8-17(12-18)10-11-22(4,27)6-2/h7-9,12-13,15,20,27H,5-6,14,16,23H2,1-4H3. The molecule has 3 unspecified atom stereocenters. The van der Waals surface area contributed by atoms with E-state index in [4.69, 9.17) is 10.5 Å². The van der Waals surface area contributed by atoms with Crippen molar-refractivity contribution in [3.05, 3.63) is 42.4 Å². The van der Waals surface area contributed by atoms with Gasteiger partial charge in [-0.05, 0) is 38.8 Å². The summed E-state index contributed by atoms with van der Waals surface area (Å²) in [5.74, 6) is 5.97. The van der Waals surface area contributed by atoms with E-state index in [0.717, 1.165) is 23.2 Å². The number of aromatic nitrogens is 2. The molecule has 1 aromatic heterocycles. The third kappa shape index (κ3) is 4.29. The van der Waals surface area contributed by atoms with E-state index in [-0.39, 0.29) is 11.8 Å². The van der Waals surface area contributed by atoms with E-state index in [9.17, 15) is 5.11 Å². The van der Waals surface area contributed by atoms with Crippen LogP contribution in [0.5, 0.6) is 0 Å². The zero-order valence-corrected chi connectivity index (χ0v) is 17.1. The predicted octanol–water partition coefficient (Wildman–Crippen LogP) is 2.94. The predicted molar refractivity (Wildman–Crippen MR) is 110 cm³/mol. The molecule has 6 heteroatoms. The van der Waals surface area contributed by atoms with Crippen LogP contribution in [0, 0.1) is 11.8 Å². The van der Waals surface area contributed by atoms with Crippen LogP contribution in [0.2, 0.25) is 0 Å². The van der Waals surface area contributed by atoms with Crippen LogP contribution in [-0.2, 0) is 4.74 Å². The normalized spacial score (nSPS) is 23.1. The van der Waals surface area contributed by atoms with Gasteiger partial charge in [-0.25, -0.2) is 9.88 Å². The number of ether oxygens (including phenoxy) is 1. The fourth-order valence-corrected chi connectivity index (χ4v) is 3.15. The number of imidazole rings is 1. The van der Waals surface area contributed by atoms with Gasteiger partial charge in [-0.1, -0.05) is 37.8 Å². The quantitative estimate of drug-likeness (QED) is 0.778. The maximum Gasteiger partial charge on any atom is 0.141 e. The minimum Gasteiger partial charge on any atom is -0.378 e. The fraction of sp³-hybridized carbons (Fsp3) is 0.500. The highest BCUT2D eigenvalue weighted by atomic mass is 16.5. The number of hydrogen-bond acceptors (Lipinski definition) is 5. The second-order valence-corrected chi connectivity index (χ2v) is 7.88. The first-order chi connectivity index (χ1) is 13.3. The molecule has 1 aliphatic heterocycles. The Morgan fingerprint density at radius 3 is 2.93 bits per heavy atom. The summed E-state index contributed by atoms with van der Waals surface area (Å²) in [6.07, 6.45) is 4.92. The Hall–Kier alpha value is -2.17. The SMILES string of the molecule is CCC(C)(O)C#Cc1cccc(-c2cn(C(N)N3COCC3(C)CC)cn2)c1. The molecule has 1 saturated heterocycles. The van der Waals surface area contributed by atoms with Gasteiger partial charge in [0.25, 0.3) is 0 Å². The Morgan fingerprint density at radius 2 is 2.21 bits per heavy atom. The summed E-state index contributed by atoms with van der Waals surface area (Å²) in [4.78, 5) is 6.70. The molecule has 0 aliphatic carbocycles. The number of benzene rings is 1. The highest BCUT2D eigenvalue weighted by Crippen LogP contribution is 2.30. The lowest BCUT2D eigenvalue weighted by molar-refractivity contribution is 0.0462. The van der Waals surface area contributed by atoms with E-state index in [1.165, 1.54) is 0 Å². The maximum atomic E-state index is 10.1. The third-order valence-corrected chi connectivity index (χ3v) is 5.65. The summed E-state index contributed by atoms with van der Waals surface area (Å²) in [6, 6.07) is 7.85. The first-order valence-electron chi connectivity index (χ1n) is 9.77. The molecule has 1 aliphatic rings. The minimum atomic E-state index is -0.978. The molecule has 0 spiro atoms. The van der Waals surface area contributed by atoms with Gasteiger partial charge in [0.15, 0.2) is 0 Å². The first kappa shape index (κ1) is 20.6. The van der Waals surface area contributed by atoms with Crippen LogP contribution in [0.4, 0.5) is 0 Å². The summed E-state index contributed by atoms with van der Waals surface area (Å²) in [6.45, 7) is 9.15. The van der Waals surface area contributed by atoms with Gasteiger partial charge in [0.1, 0.15) is 18.6 Å². The van der Waals surface area contributed by atoms with Gasteiger partial charge in [-0.3, -0.25) is 5.73 Å². The van der Waals surface area contributed by atoms with Gasteiger partial charge >= 0.3 is 0 Å². The average molecular weight is 383 g/mol. The van der Waals surface area contributed by atoms with Crippen molar-refractivity contribution in [2.45, 2.75) is 58.0 Å². The molecule has 2 aromatic rings. The lowest BCUT2D eigenvalue weighted by Gasteiger charge is -2.36. The van der Waals surface area contributed by atoms with Crippen molar-refractivity contribution in [2.24, 2.45) is 5.73 Å². The molecule has 3 atom stereocenters. The van der Waals surface area contributed by atoms with Crippen molar-refractivity contribution in [2.75, 3.05) is 13.3 Å². The Morgan fingerprint density at radius 1 is 1.43 bits per heavy atom. The molecule has 28 heavy (non-hydrogen) atoms. The Bertz CT molecular complexity index is 880. The molecule has 0 amide bonds. The van der Waals surface area contributed by atoms with Crippen LogP contribution in [0.15, 0.2) is 36.8 Å². The number of aliphatic hydroxyl groups is 1. The molecule has 150 valence electrons. The van der Waals surface area contributed by atoms with Gasteiger partial charge in [-0.2, -0.15) is 0 Å². The molecule has 1 aromatic carbocycles. The van der Waals surface area contributed by atoms with Crippen molar-refractivity contribution >= 4 is 0 Å². The van der Waals surface area contributed by atoms with Gasteiger partial charge in [0.05, 0.1) is 18.6 Å². The monoisotopic (exact) mass is 382 g/mol. The van der Waals surface area contributed by atoms with Crippen molar-refractivity contribution < 1.29 is 9.84 Å². The second-order valence-electron chi connectivity index (χ2n) is 7.88. The van der Waals surface area contributed by atoms with Crippen LogP contribution in [0.25, 0.3) is 11.3 Å². The summed E-state index contributed by atoms with van der Waals surface area (Å²) < 4.78 is 7.57. The van der Waals surface area contributed by atoms with Gasteiger partial charge < -0.3 is 14.4 Å². The van der Waals surface area contributed by atoms with E-state index in [1.54, 1.807) is 13.3 Å².